The fraction of sp³-hybridized carbons (Fsp3) is 0.238. The number of para-hydroxylation sites is 1. The van der Waals surface area contributed by atoms with E-state index in [1.807, 2.05) is 60.7 Å². The zero-order chi connectivity index (χ0) is 37.8. The minimum Gasteiger partial charge on any atom is -0.445 e. The molecule has 1 saturated heterocycles. The maximum absolute atomic E-state index is 7.52. The second-order valence-corrected chi connectivity index (χ2v) is 18.8. The van der Waals surface area contributed by atoms with Crippen LogP contribution in [0.1, 0.15) is 32.6 Å². The quantitative estimate of drug-likeness (QED) is 0.0815. The number of thiocarbonyl (C=S) groups is 1. The van der Waals surface area contributed by atoms with Crippen molar-refractivity contribution in [3.63, 3.8) is 0 Å². The topological polar surface area (TPSA) is 116 Å². The number of nitrogen functional groups attached to an aromatic ring is 1. The summed E-state index contributed by atoms with van der Waals surface area (Å²) in [5, 5.41) is 1.82. The Morgan fingerprint density at radius 2 is 1.48 bits per heavy atom. The summed E-state index contributed by atoms with van der Waals surface area (Å²) in [5.41, 5.74) is 6.79. The van der Waals surface area contributed by atoms with Crippen molar-refractivity contribution in [3.05, 3.63) is 152 Å². The van der Waals surface area contributed by atoms with Gasteiger partial charge in [-0.3, -0.25) is 4.57 Å². The van der Waals surface area contributed by atoms with Gasteiger partial charge in [0.1, 0.15) is 29.3 Å². The van der Waals surface area contributed by atoms with Gasteiger partial charge in [0.25, 0.3) is 8.32 Å². The number of imidazole rings is 1. The zero-order valence-electron chi connectivity index (χ0n) is 30.4. The standard InChI is InChI=1S/C42H43N5O5SSi/c1-5-42(27-49-54(41(2,3)4,32-22-14-8-15-23-32)33-24-16-9-17-25-33)36(48-26-30-18-10-6-11-19-30)35(51-40(53)50-31-20-12-7-13-21-31)39(52-42)47-29-46-34-37(43)44-28-45-38(34)47/h5-25,28-29,35-36,39H,1,26-27H2,2-4H3,(H2,43,44,45). The number of nitrogens with zero attached hydrogens (tertiary/aromatic N) is 4. The van der Waals surface area contributed by atoms with E-state index in [1.165, 1.54) is 6.33 Å². The van der Waals surface area contributed by atoms with Crippen molar-refractivity contribution in [1.29, 1.82) is 0 Å². The summed E-state index contributed by atoms with van der Waals surface area (Å²) >= 11 is 5.74. The fourth-order valence-electron chi connectivity index (χ4n) is 7.22. The molecule has 54 heavy (non-hydrogen) atoms. The van der Waals surface area contributed by atoms with Crippen LogP contribution in [0.25, 0.3) is 11.2 Å². The van der Waals surface area contributed by atoms with Crippen molar-refractivity contribution in [2.45, 2.75) is 56.5 Å². The SMILES string of the molecule is C=CC1(CO[Si](c2ccccc2)(c2ccccc2)C(C)(C)C)OC(n2cnc3c(N)ncnc32)C(OC(=S)Oc2ccccc2)C1OCc1ccccc1. The van der Waals surface area contributed by atoms with Crippen LogP contribution in [0.15, 0.2) is 147 Å². The van der Waals surface area contributed by atoms with Gasteiger partial charge in [-0.1, -0.05) is 136 Å². The fourth-order valence-corrected chi connectivity index (χ4v) is 12.0. The molecule has 4 aromatic carbocycles. The van der Waals surface area contributed by atoms with E-state index in [1.54, 1.807) is 29.1 Å². The molecule has 6 aromatic rings. The summed E-state index contributed by atoms with van der Waals surface area (Å²) in [5.74, 6) is 0.761. The van der Waals surface area contributed by atoms with E-state index < -0.39 is 32.4 Å². The Kier molecular flexibility index (Phi) is 10.7. The summed E-state index contributed by atoms with van der Waals surface area (Å²) < 4.78 is 36.0. The Balaban J connectivity index is 1.35. The van der Waals surface area contributed by atoms with Gasteiger partial charge < -0.3 is 29.1 Å². The molecule has 2 N–H and O–H groups in total. The van der Waals surface area contributed by atoms with Crippen LogP contribution < -0.4 is 20.8 Å². The van der Waals surface area contributed by atoms with E-state index in [4.69, 9.17) is 41.3 Å². The van der Waals surface area contributed by atoms with E-state index in [0.29, 0.717) is 16.9 Å². The van der Waals surface area contributed by atoms with Crippen molar-refractivity contribution in [2.75, 3.05) is 12.3 Å². The highest BCUT2D eigenvalue weighted by Crippen LogP contribution is 2.45. The van der Waals surface area contributed by atoms with E-state index in [2.05, 4.69) is 90.8 Å². The average Bonchev–Trinajstić information content (AvgIpc) is 3.75. The first-order chi connectivity index (χ1) is 26.1. The smallest absolute Gasteiger partial charge is 0.358 e. The largest absolute Gasteiger partial charge is 0.445 e. The van der Waals surface area contributed by atoms with Crippen molar-refractivity contribution < 1.29 is 23.4 Å². The third-order valence-corrected chi connectivity index (χ3v) is 15.0. The lowest BCUT2D eigenvalue weighted by Gasteiger charge is -2.45. The Bertz CT molecular complexity index is 2150. The molecule has 2 aromatic heterocycles. The number of benzene rings is 4. The van der Waals surface area contributed by atoms with E-state index in [0.717, 1.165) is 15.9 Å². The van der Waals surface area contributed by atoms with E-state index in [9.17, 15) is 0 Å². The number of nitrogens with two attached hydrogens (primary N) is 1. The number of hydrogen-bond acceptors (Lipinski definition) is 10. The maximum atomic E-state index is 7.52. The minimum absolute atomic E-state index is 0.0651. The van der Waals surface area contributed by atoms with Crippen molar-refractivity contribution in [3.8, 4) is 5.75 Å². The van der Waals surface area contributed by atoms with Crippen molar-refractivity contribution >= 4 is 53.1 Å². The lowest BCUT2D eigenvalue weighted by Crippen LogP contribution is -2.68. The van der Waals surface area contributed by atoms with Crippen LogP contribution >= 0.6 is 12.2 Å². The summed E-state index contributed by atoms with van der Waals surface area (Å²) in [4.78, 5) is 13.2. The molecule has 1 aliphatic heterocycles. The van der Waals surface area contributed by atoms with Gasteiger partial charge in [0.05, 0.1) is 19.5 Å². The van der Waals surface area contributed by atoms with Crippen LogP contribution in [-0.2, 0) is 25.2 Å². The number of fused-ring (bicyclic) bond motifs is 1. The highest BCUT2D eigenvalue weighted by atomic mass is 32.1. The number of anilines is 1. The molecule has 1 fully saturated rings. The van der Waals surface area contributed by atoms with Crippen molar-refractivity contribution in [1.82, 2.24) is 19.5 Å². The average molecular weight is 758 g/mol. The van der Waals surface area contributed by atoms with Gasteiger partial charge in [-0.2, -0.15) is 0 Å². The molecule has 4 unspecified atom stereocenters. The van der Waals surface area contributed by atoms with Gasteiger partial charge in [-0.25, -0.2) is 15.0 Å². The molecule has 10 nitrogen and oxygen atoms in total. The lowest BCUT2D eigenvalue weighted by molar-refractivity contribution is -0.110. The molecule has 0 aliphatic carbocycles. The van der Waals surface area contributed by atoms with E-state index >= 15 is 0 Å². The van der Waals surface area contributed by atoms with Crippen molar-refractivity contribution in [2.24, 2.45) is 0 Å². The molecule has 4 atom stereocenters. The van der Waals surface area contributed by atoms with Gasteiger partial charge in [0, 0.05) is 12.2 Å². The molecule has 0 amide bonds. The molecule has 0 radical (unpaired) electrons. The molecule has 7 rings (SSSR count). The minimum atomic E-state index is -3.07. The first-order valence-electron chi connectivity index (χ1n) is 17.7. The molecule has 0 bridgehead atoms. The third kappa shape index (κ3) is 7.18. The van der Waals surface area contributed by atoms with Gasteiger partial charge in [-0.05, 0) is 33.1 Å². The normalized spacial score (nSPS) is 20.1. The van der Waals surface area contributed by atoms with E-state index in [-0.39, 0.29) is 29.3 Å². The molecule has 0 saturated carbocycles. The lowest BCUT2D eigenvalue weighted by atomic mass is 9.95. The molecule has 0 spiro atoms. The highest BCUT2D eigenvalue weighted by molar-refractivity contribution is 7.79. The molecule has 1 aliphatic rings. The van der Waals surface area contributed by atoms with Gasteiger partial charge in [0.2, 0.25) is 0 Å². The zero-order valence-corrected chi connectivity index (χ0v) is 32.3. The number of hydrogen-bond donors (Lipinski definition) is 1. The van der Waals surface area contributed by atoms with Gasteiger partial charge in [-0.15, -0.1) is 6.58 Å². The highest BCUT2D eigenvalue weighted by Gasteiger charge is 2.60. The Morgan fingerprint density at radius 1 is 0.889 bits per heavy atom. The van der Waals surface area contributed by atoms with Crippen LogP contribution in [-0.4, -0.2) is 57.5 Å². The van der Waals surface area contributed by atoms with Gasteiger partial charge in [0.15, 0.2) is 23.8 Å². The number of aromatic nitrogens is 4. The summed E-state index contributed by atoms with van der Waals surface area (Å²) in [7, 11) is -3.07. The molecule has 3 heterocycles. The summed E-state index contributed by atoms with van der Waals surface area (Å²) in [6.07, 6.45) is 2.11. The molecular weight excluding hydrogens is 715 g/mol. The van der Waals surface area contributed by atoms with Crippen LogP contribution in [0.4, 0.5) is 5.82 Å². The monoisotopic (exact) mass is 757 g/mol. The summed E-state index contributed by atoms with van der Waals surface area (Å²) in [6.45, 7) is 11.3. The molecule has 276 valence electrons. The van der Waals surface area contributed by atoms with Crippen LogP contribution in [0.3, 0.4) is 0 Å². The van der Waals surface area contributed by atoms with Crippen LogP contribution in [0, 0.1) is 0 Å². The van der Waals surface area contributed by atoms with Crippen LogP contribution in [0.5, 0.6) is 5.75 Å². The Morgan fingerprint density at radius 3 is 2.07 bits per heavy atom. The predicted molar refractivity (Wildman–Crippen MR) is 216 cm³/mol. The second kappa shape index (κ2) is 15.6. The second-order valence-electron chi connectivity index (χ2n) is 14.2. The number of rotatable bonds is 12. The molecular formula is C42H43N5O5SSi. The first-order valence-corrected chi connectivity index (χ1v) is 20.1. The van der Waals surface area contributed by atoms with Crippen LogP contribution in [0.2, 0.25) is 5.04 Å². The predicted octanol–water partition coefficient (Wildman–Crippen LogP) is 6.77. The Labute approximate surface area is 321 Å². The number of ether oxygens (including phenoxy) is 4. The molecule has 12 heteroatoms. The van der Waals surface area contributed by atoms with Gasteiger partial charge >= 0.3 is 5.24 Å². The maximum Gasteiger partial charge on any atom is 0.358 e. The first kappa shape index (κ1) is 37.1. The Hall–Kier alpha value is -5.24. The summed E-state index contributed by atoms with van der Waals surface area (Å²) in [6, 6.07) is 40.0. The third-order valence-electron chi connectivity index (χ3n) is 9.79.